The predicted molar refractivity (Wildman–Crippen MR) is 74.9 cm³/mol. The van der Waals surface area contributed by atoms with Crippen LogP contribution in [0.15, 0.2) is 28.7 Å². The number of halogens is 1. The zero-order chi connectivity index (χ0) is 14.8. The fraction of sp³-hybridized carbons (Fsp3) is 0.214. The Morgan fingerprint density at radius 2 is 2.10 bits per heavy atom. The summed E-state index contributed by atoms with van der Waals surface area (Å²) in [6.45, 7) is 0.444. The van der Waals surface area contributed by atoms with Gasteiger partial charge in [0.15, 0.2) is 17.3 Å². The van der Waals surface area contributed by atoms with E-state index >= 15 is 0 Å². The molecule has 7 heteroatoms. The van der Waals surface area contributed by atoms with Crippen LogP contribution in [0.25, 0.3) is 0 Å². The Balaban J connectivity index is 1.78. The third-order valence-electron chi connectivity index (χ3n) is 2.88. The molecule has 0 fully saturated rings. The Bertz CT molecular complexity index is 682. The maximum atomic E-state index is 12.1. The van der Waals surface area contributed by atoms with Gasteiger partial charge >= 0.3 is 0 Å². The van der Waals surface area contributed by atoms with Crippen LogP contribution in [0.4, 0.5) is 5.69 Å². The average Bonchev–Trinajstić information content (AvgIpc) is 3.08. The Hall–Kier alpha value is -2.18. The van der Waals surface area contributed by atoms with Gasteiger partial charge in [-0.1, -0.05) is 11.6 Å². The number of nitrogens with one attached hydrogen (secondary N) is 1. The van der Waals surface area contributed by atoms with E-state index in [0.29, 0.717) is 34.6 Å². The van der Waals surface area contributed by atoms with Crippen molar-refractivity contribution in [2.75, 3.05) is 19.2 Å². The van der Waals surface area contributed by atoms with E-state index in [2.05, 4.69) is 5.32 Å². The minimum Gasteiger partial charge on any atom is -0.454 e. The van der Waals surface area contributed by atoms with Crippen LogP contribution in [-0.2, 0) is 11.3 Å². The third-order valence-corrected chi connectivity index (χ3v) is 3.20. The van der Waals surface area contributed by atoms with Crippen molar-refractivity contribution in [3.8, 4) is 11.5 Å². The Morgan fingerprint density at radius 3 is 2.86 bits per heavy atom. The van der Waals surface area contributed by atoms with Crippen LogP contribution >= 0.6 is 11.6 Å². The number of ether oxygens (including phenoxy) is 3. The molecular weight excluding hydrogens is 298 g/mol. The lowest BCUT2D eigenvalue weighted by Crippen LogP contribution is -2.11. The van der Waals surface area contributed by atoms with Gasteiger partial charge in [-0.25, -0.2) is 0 Å². The van der Waals surface area contributed by atoms with Crippen molar-refractivity contribution in [1.82, 2.24) is 0 Å². The van der Waals surface area contributed by atoms with E-state index in [1.165, 1.54) is 0 Å². The summed E-state index contributed by atoms with van der Waals surface area (Å²) in [4.78, 5) is 12.1. The monoisotopic (exact) mass is 309 g/mol. The molecule has 0 unspecified atom stereocenters. The average molecular weight is 310 g/mol. The van der Waals surface area contributed by atoms with E-state index in [1.807, 2.05) is 0 Å². The highest BCUT2D eigenvalue weighted by atomic mass is 35.5. The number of carbonyl (C=O) groups excluding carboxylic acids is 1. The molecule has 0 atom stereocenters. The Labute approximate surface area is 125 Å². The van der Waals surface area contributed by atoms with Gasteiger partial charge in [0.25, 0.3) is 5.91 Å². The molecule has 2 heterocycles. The zero-order valence-corrected chi connectivity index (χ0v) is 11.9. The van der Waals surface area contributed by atoms with Crippen LogP contribution in [0.1, 0.15) is 16.3 Å². The number of benzene rings is 1. The van der Waals surface area contributed by atoms with Crippen LogP contribution in [-0.4, -0.2) is 19.8 Å². The first-order chi connectivity index (χ1) is 10.2. The second-order valence-electron chi connectivity index (χ2n) is 4.34. The predicted octanol–water partition coefficient (Wildman–Crippen LogP) is 3.06. The number of anilines is 1. The van der Waals surface area contributed by atoms with E-state index in [-0.39, 0.29) is 12.6 Å². The van der Waals surface area contributed by atoms with Crippen LogP contribution in [0.5, 0.6) is 11.5 Å². The fourth-order valence-electron chi connectivity index (χ4n) is 1.92. The first-order valence-corrected chi connectivity index (χ1v) is 6.53. The summed E-state index contributed by atoms with van der Waals surface area (Å²) >= 11 is 6.09. The van der Waals surface area contributed by atoms with Crippen LogP contribution < -0.4 is 14.8 Å². The number of rotatable bonds is 4. The molecule has 0 spiro atoms. The van der Waals surface area contributed by atoms with Gasteiger partial charge in [-0.3, -0.25) is 4.79 Å². The van der Waals surface area contributed by atoms with Crippen molar-refractivity contribution in [1.29, 1.82) is 0 Å². The lowest BCUT2D eigenvalue weighted by Gasteiger charge is -2.07. The number of methoxy groups -OCH3 is 1. The first kappa shape index (κ1) is 13.8. The maximum absolute atomic E-state index is 12.1. The van der Waals surface area contributed by atoms with E-state index in [4.69, 9.17) is 30.2 Å². The minimum absolute atomic E-state index is 0.140. The van der Waals surface area contributed by atoms with Crippen molar-refractivity contribution in [3.63, 3.8) is 0 Å². The first-order valence-electron chi connectivity index (χ1n) is 6.15. The number of furan rings is 1. The molecule has 110 valence electrons. The van der Waals surface area contributed by atoms with Crippen molar-refractivity contribution in [3.05, 3.63) is 40.8 Å². The highest BCUT2D eigenvalue weighted by Gasteiger charge is 2.19. The molecule has 1 amide bonds. The highest BCUT2D eigenvalue weighted by molar-refractivity contribution is 6.34. The van der Waals surface area contributed by atoms with Crippen LogP contribution in [0.3, 0.4) is 0 Å². The van der Waals surface area contributed by atoms with E-state index in [0.717, 1.165) is 0 Å². The molecule has 0 aliphatic carbocycles. The van der Waals surface area contributed by atoms with Gasteiger partial charge < -0.3 is 23.9 Å². The number of amides is 1. The van der Waals surface area contributed by atoms with Gasteiger partial charge in [-0.05, 0) is 12.1 Å². The molecule has 21 heavy (non-hydrogen) atoms. The summed E-state index contributed by atoms with van der Waals surface area (Å²) < 4.78 is 20.7. The molecule has 0 saturated carbocycles. The third kappa shape index (κ3) is 2.81. The highest BCUT2D eigenvalue weighted by Crippen LogP contribution is 2.39. The summed E-state index contributed by atoms with van der Waals surface area (Å²) in [6, 6.07) is 6.46. The van der Waals surface area contributed by atoms with Gasteiger partial charge in [-0.2, -0.15) is 0 Å². The molecule has 3 rings (SSSR count). The standard InChI is InChI=1S/C14H12ClNO5/c1-18-6-8-2-3-11(21-8)14(17)16-10-5-13-12(4-9(10)15)19-7-20-13/h2-5H,6-7H2,1H3,(H,16,17). The quantitative estimate of drug-likeness (QED) is 0.940. The number of hydrogen-bond donors (Lipinski definition) is 1. The van der Waals surface area contributed by atoms with E-state index in [1.54, 1.807) is 31.4 Å². The van der Waals surface area contributed by atoms with Crippen molar-refractivity contribution in [2.24, 2.45) is 0 Å². The topological polar surface area (TPSA) is 69.9 Å². The summed E-state index contributed by atoms with van der Waals surface area (Å²) in [7, 11) is 1.55. The summed E-state index contributed by atoms with van der Waals surface area (Å²) in [5, 5.41) is 3.03. The number of carbonyl (C=O) groups is 1. The second kappa shape index (κ2) is 5.67. The Kier molecular flexibility index (Phi) is 3.72. The molecule has 1 aromatic carbocycles. The lowest BCUT2D eigenvalue weighted by molar-refractivity contribution is 0.0987. The molecule has 0 radical (unpaired) electrons. The summed E-state index contributed by atoms with van der Waals surface area (Å²) in [6.07, 6.45) is 0. The van der Waals surface area contributed by atoms with E-state index in [9.17, 15) is 4.79 Å². The molecule has 1 aliphatic heterocycles. The van der Waals surface area contributed by atoms with Crippen molar-refractivity contribution in [2.45, 2.75) is 6.61 Å². The van der Waals surface area contributed by atoms with Gasteiger partial charge in [0.1, 0.15) is 12.4 Å². The lowest BCUT2D eigenvalue weighted by atomic mass is 10.2. The number of fused-ring (bicyclic) bond motifs is 1. The van der Waals surface area contributed by atoms with Gasteiger partial charge in [0, 0.05) is 19.2 Å². The van der Waals surface area contributed by atoms with Crippen LogP contribution in [0.2, 0.25) is 5.02 Å². The summed E-state index contributed by atoms with van der Waals surface area (Å²) in [5.74, 6) is 1.43. The molecule has 2 aromatic rings. The molecular formula is C14H12ClNO5. The molecule has 6 nitrogen and oxygen atoms in total. The van der Waals surface area contributed by atoms with Gasteiger partial charge in [0.2, 0.25) is 6.79 Å². The molecule has 1 aromatic heterocycles. The minimum atomic E-state index is -0.405. The zero-order valence-electron chi connectivity index (χ0n) is 11.1. The Morgan fingerprint density at radius 1 is 1.33 bits per heavy atom. The molecule has 1 aliphatic rings. The SMILES string of the molecule is COCc1ccc(C(=O)Nc2cc3c(cc2Cl)OCO3)o1. The summed E-state index contributed by atoms with van der Waals surface area (Å²) in [5.41, 5.74) is 0.426. The van der Waals surface area contributed by atoms with Gasteiger partial charge in [0.05, 0.1) is 10.7 Å². The van der Waals surface area contributed by atoms with Crippen molar-refractivity contribution >= 4 is 23.2 Å². The van der Waals surface area contributed by atoms with Gasteiger partial charge in [-0.15, -0.1) is 0 Å². The molecule has 0 bridgehead atoms. The van der Waals surface area contributed by atoms with E-state index < -0.39 is 5.91 Å². The number of hydrogen-bond acceptors (Lipinski definition) is 5. The van der Waals surface area contributed by atoms with Crippen molar-refractivity contribution < 1.29 is 23.4 Å². The van der Waals surface area contributed by atoms with Crippen LogP contribution in [0, 0.1) is 0 Å². The molecule has 1 N–H and O–H groups in total. The smallest absolute Gasteiger partial charge is 0.291 e. The maximum Gasteiger partial charge on any atom is 0.291 e. The normalized spacial score (nSPS) is 12.5. The second-order valence-corrected chi connectivity index (χ2v) is 4.75. The largest absolute Gasteiger partial charge is 0.454 e. The molecule has 0 saturated heterocycles. The fourth-order valence-corrected chi connectivity index (χ4v) is 2.12.